The molecule has 3 rings (SSSR count). The fraction of sp³-hybridized carbons (Fsp3) is 0.500. The molecule has 0 aliphatic carbocycles. The van der Waals surface area contributed by atoms with Crippen molar-refractivity contribution in [3.05, 3.63) is 36.0 Å². The number of rotatable bonds is 10. The minimum absolute atomic E-state index is 0.196. The SMILES string of the molecule is CCC(C)C(NC(=O)C(N)Cc1c[nH]c2ccccc12)C(=O)NCC(=O)N1CCCC1C(=O)O. The van der Waals surface area contributed by atoms with E-state index in [0.29, 0.717) is 32.2 Å². The second kappa shape index (κ2) is 11.1. The topological polar surface area (TPSA) is 158 Å². The lowest BCUT2D eigenvalue weighted by Crippen LogP contribution is -2.56. The van der Waals surface area contributed by atoms with Gasteiger partial charge in [-0.1, -0.05) is 38.5 Å². The molecule has 2 aromatic rings. The molecule has 0 saturated carbocycles. The Morgan fingerprint density at radius 3 is 2.68 bits per heavy atom. The van der Waals surface area contributed by atoms with Crippen LogP contribution in [0.3, 0.4) is 0 Å². The molecule has 1 aromatic heterocycles. The molecule has 0 spiro atoms. The fourth-order valence-corrected chi connectivity index (χ4v) is 4.29. The average molecular weight is 472 g/mol. The number of benzene rings is 1. The fourth-order valence-electron chi connectivity index (χ4n) is 4.29. The summed E-state index contributed by atoms with van der Waals surface area (Å²) in [6.07, 6.45) is 3.75. The lowest BCUT2D eigenvalue weighted by molar-refractivity contribution is -0.148. The number of likely N-dealkylation sites (tertiary alicyclic amines) is 1. The molecule has 1 aliphatic heterocycles. The summed E-state index contributed by atoms with van der Waals surface area (Å²) >= 11 is 0. The first-order valence-electron chi connectivity index (χ1n) is 11.6. The smallest absolute Gasteiger partial charge is 0.326 e. The van der Waals surface area contributed by atoms with Crippen molar-refractivity contribution in [1.82, 2.24) is 20.5 Å². The lowest BCUT2D eigenvalue weighted by Gasteiger charge is -2.26. The maximum atomic E-state index is 12.9. The van der Waals surface area contributed by atoms with Gasteiger partial charge in [0.2, 0.25) is 17.7 Å². The number of carbonyl (C=O) groups excluding carboxylic acids is 3. The minimum Gasteiger partial charge on any atom is -0.480 e. The third-order valence-electron chi connectivity index (χ3n) is 6.52. The molecule has 3 amide bonds. The van der Waals surface area contributed by atoms with Gasteiger partial charge >= 0.3 is 5.97 Å². The lowest BCUT2D eigenvalue weighted by atomic mass is 9.97. The van der Waals surface area contributed by atoms with Gasteiger partial charge in [0.05, 0.1) is 12.6 Å². The van der Waals surface area contributed by atoms with Gasteiger partial charge in [0.1, 0.15) is 12.1 Å². The Kier molecular flexibility index (Phi) is 8.27. The number of aromatic amines is 1. The number of nitrogens with two attached hydrogens (primary N) is 1. The number of hydrogen-bond donors (Lipinski definition) is 5. The van der Waals surface area contributed by atoms with Crippen molar-refractivity contribution in [1.29, 1.82) is 0 Å². The predicted molar refractivity (Wildman–Crippen MR) is 127 cm³/mol. The van der Waals surface area contributed by atoms with Gasteiger partial charge in [-0.05, 0) is 36.8 Å². The van der Waals surface area contributed by atoms with Gasteiger partial charge in [-0.25, -0.2) is 4.79 Å². The van der Waals surface area contributed by atoms with Crippen molar-refractivity contribution in [2.24, 2.45) is 11.7 Å². The largest absolute Gasteiger partial charge is 0.480 e. The molecule has 10 heteroatoms. The number of carboxylic acids is 1. The van der Waals surface area contributed by atoms with Gasteiger partial charge in [-0.15, -0.1) is 0 Å². The van der Waals surface area contributed by atoms with Gasteiger partial charge in [-0.2, -0.15) is 0 Å². The molecule has 0 bridgehead atoms. The van der Waals surface area contributed by atoms with Crippen LogP contribution in [0.4, 0.5) is 0 Å². The number of carbonyl (C=O) groups is 4. The monoisotopic (exact) mass is 471 g/mol. The number of fused-ring (bicyclic) bond motifs is 1. The summed E-state index contributed by atoms with van der Waals surface area (Å²) in [5, 5.41) is 15.6. The number of hydrogen-bond acceptors (Lipinski definition) is 5. The Labute approximate surface area is 198 Å². The summed E-state index contributed by atoms with van der Waals surface area (Å²) in [5.41, 5.74) is 8.03. The van der Waals surface area contributed by atoms with Crippen LogP contribution in [0.1, 0.15) is 38.7 Å². The molecule has 1 saturated heterocycles. The number of amides is 3. The van der Waals surface area contributed by atoms with Crippen LogP contribution in [0.2, 0.25) is 0 Å². The highest BCUT2D eigenvalue weighted by Crippen LogP contribution is 2.19. The number of H-pyrrole nitrogens is 1. The Morgan fingerprint density at radius 1 is 1.24 bits per heavy atom. The van der Waals surface area contributed by atoms with Gasteiger partial charge in [0.15, 0.2) is 0 Å². The van der Waals surface area contributed by atoms with Crippen LogP contribution < -0.4 is 16.4 Å². The van der Waals surface area contributed by atoms with Crippen molar-refractivity contribution >= 4 is 34.6 Å². The predicted octanol–water partition coefficient (Wildman–Crippen LogP) is 0.760. The zero-order chi connectivity index (χ0) is 24.8. The van der Waals surface area contributed by atoms with Crippen LogP contribution in [0.5, 0.6) is 0 Å². The van der Waals surface area contributed by atoms with Crippen LogP contribution in [0.15, 0.2) is 30.5 Å². The highest BCUT2D eigenvalue weighted by molar-refractivity contribution is 5.93. The van der Waals surface area contributed by atoms with Crippen molar-refractivity contribution in [3.63, 3.8) is 0 Å². The van der Waals surface area contributed by atoms with E-state index in [9.17, 15) is 24.3 Å². The zero-order valence-corrected chi connectivity index (χ0v) is 19.5. The molecule has 4 unspecified atom stereocenters. The summed E-state index contributed by atoms with van der Waals surface area (Å²) in [4.78, 5) is 53.9. The number of carboxylic acid groups (broad SMARTS) is 1. The van der Waals surface area contributed by atoms with E-state index in [1.54, 1.807) is 0 Å². The molecule has 2 heterocycles. The number of nitrogens with zero attached hydrogens (tertiary/aromatic N) is 1. The molecular formula is C24H33N5O5. The minimum atomic E-state index is -1.05. The molecule has 1 fully saturated rings. The Hall–Kier alpha value is -3.40. The number of aliphatic carboxylic acids is 1. The highest BCUT2D eigenvalue weighted by atomic mass is 16.4. The van der Waals surface area contributed by atoms with Gasteiger partial charge < -0.3 is 31.4 Å². The Morgan fingerprint density at radius 2 is 1.97 bits per heavy atom. The molecule has 34 heavy (non-hydrogen) atoms. The number of aromatic nitrogens is 1. The van der Waals surface area contributed by atoms with E-state index in [0.717, 1.165) is 16.5 Å². The van der Waals surface area contributed by atoms with E-state index in [4.69, 9.17) is 5.73 Å². The summed E-state index contributed by atoms with van der Waals surface area (Å²) in [6.45, 7) is 3.75. The molecule has 10 nitrogen and oxygen atoms in total. The highest BCUT2D eigenvalue weighted by Gasteiger charge is 2.34. The quantitative estimate of drug-likeness (QED) is 0.344. The van der Waals surface area contributed by atoms with Crippen LogP contribution in [-0.2, 0) is 25.6 Å². The van der Waals surface area contributed by atoms with Crippen molar-refractivity contribution in [3.8, 4) is 0 Å². The average Bonchev–Trinajstić information content (AvgIpc) is 3.48. The first kappa shape index (κ1) is 25.2. The second-order valence-electron chi connectivity index (χ2n) is 8.84. The molecule has 0 radical (unpaired) electrons. The molecule has 1 aromatic carbocycles. The maximum Gasteiger partial charge on any atom is 0.326 e. The van der Waals surface area contributed by atoms with Crippen LogP contribution in [-0.4, -0.2) is 69.9 Å². The molecule has 1 aliphatic rings. The first-order valence-corrected chi connectivity index (χ1v) is 11.6. The van der Waals surface area contributed by atoms with Crippen LogP contribution in [0, 0.1) is 5.92 Å². The third kappa shape index (κ3) is 5.74. The van der Waals surface area contributed by atoms with Gasteiger partial charge in [0, 0.05) is 23.6 Å². The van der Waals surface area contributed by atoms with Crippen molar-refractivity contribution < 1.29 is 24.3 Å². The van der Waals surface area contributed by atoms with Crippen LogP contribution in [0.25, 0.3) is 10.9 Å². The normalized spacial score (nSPS) is 18.3. The summed E-state index contributed by atoms with van der Waals surface area (Å²) in [5.74, 6) is -2.66. The second-order valence-corrected chi connectivity index (χ2v) is 8.84. The standard InChI is InChI=1S/C24H33N5O5/c1-3-14(2)21(23(32)27-13-20(30)29-10-6-9-19(29)24(33)34)28-22(31)17(25)11-15-12-26-18-8-5-4-7-16(15)18/h4-5,7-8,12,14,17,19,21,26H,3,6,9-11,13,25H2,1-2H3,(H,27,32)(H,28,31)(H,33,34). The van der Waals surface area contributed by atoms with E-state index < -0.39 is 41.8 Å². The van der Waals surface area contributed by atoms with E-state index in [-0.39, 0.29) is 12.5 Å². The van der Waals surface area contributed by atoms with Gasteiger partial charge in [0.25, 0.3) is 0 Å². The van der Waals surface area contributed by atoms with E-state index in [1.165, 1.54) is 4.90 Å². The zero-order valence-electron chi connectivity index (χ0n) is 19.5. The van der Waals surface area contributed by atoms with Gasteiger partial charge in [-0.3, -0.25) is 14.4 Å². The summed E-state index contributed by atoms with van der Waals surface area (Å²) < 4.78 is 0. The molecule has 4 atom stereocenters. The third-order valence-corrected chi connectivity index (χ3v) is 6.52. The Balaban J connectivity index is 1.59. The molecular weight excluding hydrogens is 438 g/mol. The van der Waals surface area contributed by atoms with Crippen LogP contribution >= 0.6 is 0 Å². The number of para-hydroxylation sites is 1. The van der Waals surface area contributed by atoms with Crippen molar-refractivity contribution in [2.45, 2.75) is 57.7 Å². The van der Waals surface area contributed by atoms with Crippen molar-refractivity contribution in [2.75, 3.05) is 13.1 Å². The van der Waals surface area contributed by atoms with E-state index in [1.807, 2.05) is 44.3 Å². The number of nitrogens with one attached hydrogen (secondary N) is 3. The van der Waals surface area contributed by atoms with E-state index in [2.05, 4.69) is 15.6 Å². The Bertz CT molecular complexity index is 1050. The molecule has 6 N–H and O–H groups in total. The summed E-state index contributed by atoms with van der Waals surface area (Å²) in [7, 11) is 0. The summed E-state index contributed by atoms with van der Waals surface area (Å²) in [6, 6.07) is 5.13. The maximum absolute atomic E-state index is 12.9. The molecule has 184 valence electrons. The first-order chi connectivity index (χ1) is 16.2. The van der Waals surface area contributed by atoms with E-state index >= 15 is 0 Å².